The van der Waals surface area contributed by atoms with Gasteiger partial charge in [0, 0.05) is 18.3 Å². The molecular formula is C20H21N5O3S. The maximum atomic E-state index is 12.8. The molecule has 1 N–H and O–H groups in total. The van der Waals surface area contributed by atoms with E-state index in [0.29, 0.717) is 42.4 Å². The Kier molecular flexibility index (Phi) is 5.85. The summed E-state index contributed by atoms with van der Waals surface area (Å²) in [6.45, 7) is 1.62. The molecule has 150 valence electrons. The number of carbonyl (C=O) groups is 2. The molecule has 0 spiro atoms. The number of aromatic nitrogens is 3. The van der Waals surface area contributed by atoms with Crippen LogP contribution in [0.15, 0.2) is 54.4 Å². The first kappa shape index (κ1) is 19.1. The van der Waals surface area contributed by atoms with Gasteiger partial charge in [0.15, 0.2) is 0 Å². The maximum Gasteiger partial charge on any atom is 0.264 e. The monoisotopic (exact) mass is 411 g/mol. The second kappa shape index (κ2) is 8.87. The third-order valence-corrected chi connectivity index (χ3v) is 5.56. The van der Waals surface area contributed by atoms with Gasteiger partial charge >= 0.3 is 0 Å². The van der Waals surface area contributed by atoms with Crippen LogP contribution in [0.2, 0.25) is 0 Å². The predicted octanol–water partition coefficient (Wildman–Crippen LogP) is 2.66. The largest absolute Gasteiger partial charge is 0.492 e. The van der Waals surface area contributed by atoms with Crippen LogP contribution in [0.25, 0.3) is 0 Å². The lowest BCUT2D eigenvalue weighted by Crippen LogP contribution is -2.42. The van der Waals surface area contributed by atoms with Crippen LogP contribution in [0.5, 0.6) is 5.75 Å². The number of benzene rings is 1. The Labute approximate surface area is 172 Å². The van der Waals surface area contributed by atoms with Crippen LogP contribution < -0.4 is 10.1 Å². The van der Waals surface area contributed by atoms with Crippen LogP contribution in [0.4, 0.5) is 5.69 Å². The van der Waals surface area contributed by atoms with Gasteiger partial charge in [-0.2, -0.15) is 5.10 Å². The van der Waals surface area contributed by atoms with E-state index in [0.717, 1.165) is 6.42 Å². The van der Waals surface area contributed by atoms with Crippen LogP contribution in [-0.2, 0) is 11.3 Å². The molecule has 1 saturated heterocycles. The van der Waals surface area contributed by atoms with Crippen molar-refractivity contribution in [1.29, 1.82) is 0 Å². The summed E-state index contributed by atoms with van der Waals surface area (Å²) in [6.07, 6.45) is 4.59. The Morgan fingerprint density at radius 3 is 3.00 bits per heavy atom. The molecular weight excluding hydrogens is 390 g/mol. The molecule has 0 unspecified atom stereocenters. The minimum absolute atomic E-state index is 0.0807. The fourth-order valence-corrected chi connectivity index (χ4v) is 4.00. The Morgan fingerprint density at radius 2 is 2.21 bits per heavy atom. The number of ether oxygens (including phenoxy) is 1. The lowest BCUT2D eigenvalue weighted by molar-refractivity contribution is -0.119. The first-order valence-electron chi connectivity index (χ1n) is 9.41. The van der Waals surface area contributed by atoms with Gasteiger partial charge in [-0.05, 0) is 36.4 Å². The molecule has 2 amide bonds. The number of nitrogens with zero attached hydrogens (tertiary/aromatic N) is 4. The molecule has 29 heavy (non-hydrogen) atoms. The van der Waals surface area contributed by atoms with Crippen molar-refractivity contribution in [2.45, 2.75) is 25.4 Å². The fraction of sp³-hybridized carbons (Fsp3) is 0.300. The molecule has 0 bridgehead atoms. The summed E-state index contributed by atoms with van der Waals surface area (Å²) < 4.78 is 7.42. The molecule has 1 fully saturated rings. The van der Waals surface area contributed by atoms with Gasteiger partial charge < -0.3 is 15.0 Å². The van der Waals surface area contributed by atoms with Crippen LogP contribution in [0, 0.1) is 0 Å². The van der Waals surface area contributed by atoms with Gasteiger partial charge in [-0.15, -0.1) is 11.3 Å². The first-order valence-corrected chi connectivity index (χ1v) is 10.3. The lowest BCUT2D eigenvalue weighted by atomic mass is 10.2. The molecule has 1 aromatic carbocycles. The maximum absolute atomic E-state index is 12.8. The number of rotatable bonds is 7. The van der Waals surface area contributed by atoms with Gasteiger partial charge in [-0.1, -0.05) is 12.1 Å². The number of amides is 2. The number of likely N-dealkylation sites (tertiary alicyclic amines) is 1. The summed E-state index contributed by atoms with van der Waals surface area (Å²) in [4.78, 5) is 31.7. The molecule has 1 aliphatic rings. The zero-order valence-electron chi connectivity index (χ0n) is 15.7. The number of hydrogen-bond donors (Lipinski definition) is 1. The molecule has 0 radical (unpaired) electrons. The van der Waals surface area contributed by atoms with Gasteiger partial charge in [-0.3, -0.25) is 9.59 Å². The van der Waals surface area contributed by atoms with Gasteiger partial charge in [0.05, 0.1) is 11.4 Å². The minimum Gasteiger partial charge on any atom is -0.492 e. The highest BCUT2D eigenvalue weighted by molar-refractivity contribution is 7.12. The Balaban J connectivity index is 1.35. The van der Waals surface area contributed by atoms with Crippen molar-refractivity contribution in [3.63, 3.8) is 0 Å². The zero-order valence-corrected chi connectivity index (χ0v) is 16.5. The van der Waals surface area contributed by atoms with Gasteiger partial charge in [-0.25, -0.2) is 9.67 Å². The summed E-state index contributed by atoms with van der Waals surface area (Å²) in [5.41, 5.74) is 0.642. The number of hydrogen-bond acceptors (Lipinski definition) is 6. The molecule has 3 aromatic rings. The van der Waals surface area contributed by atoms with Crippen molar-refractivity contribution in [3.05, 3.63) is 59.3 Å². The molecule has 1 atom stereocenters. The highest BCUT2D eigenvalue weighted by atomic mass is 32.1. The third-order valence-electron chi connectivity index (χ3n) is 4.71. The van der Waals surface area contributed by atoms with E-state index in [2.05, 4.69) is 15.4 Å². The standard InChI is InChI=1S/C20H21N5O3S/c26-19(17-6-2-8-25(17)20(27)18-7-3-11-29-18)23-15-4-1-5-16(12-15)28-10-9-24-14-21-13-22-24/h1,3-5,7,11-14,17H,2,6,8-10H2,(H,23,26)/t17-/m0/s1. The number of anilines is 1. The van der Waals surface area contributed by atoms with Crippen molar-refractivity contribution >= 4 is 28.8 Å². The summed E-state index contributed by atoms with van der Waals surface area (Å²) in [5, 5.41) is 8.81. The van der Waals surface area contributed by atoms with E-state index in [-0.39, 0.29) is 11.8 Å². The third kappa shape index (κ3) is 4.62. The molecule has 8 nitrogen and oxygen atoms in total. The molecule has 2 aromatic heterocycles. The van der Waals surface area contributed by atoms with Crippen LogP contribution in [0.1, 0.15) is 22.5 Å². The number of thiophene rings is 1. The van der Waals surface area contributed by atoms with E-state index < -0.39 is 6.04 Å². The van der Waals surface area contributed by atoms with E-state index in [9.17, 15) is 9.59 Å². The van der Waals surface area contributed by atoms with Crippen molar-refractivity contribution in [2.24, 2.45) is 0 Å². The van der Waals surface area contributed by atoms with Crippen LogP contribution in [0.3, 0.4) is 0 Å². The predicted molar refractivity (Wildman–Crippen MR) is 109 cm³/mol. The van der Waals surface area contributed by atoms with Gasteiger partial charge in [0.2, 0.25) is 5.91 Å². The highest BCUT2D eigenvalue weighted by Crippen LogP contribution is 2.24. The molecule has 4 rings (SSSR count). The SMILES string of the molecule is O=C(Nc1cccc(OCCn2cncn2)c1)[C@@H]1CCCN1C(=O)c1cccs1. The lowest BCUT2D eigenvalue weighted by Gasteiger charge is -2.23. The summed E-state index contributed by atoms with van der Waals surface area (Å²) in [5.74, 6) is 0.399. The Bertz CT molecular complexity index is 958. The van der Waals surface area contributed by atoms with Crippen molar-refractivity contribution in [1.82, 2.24) is 19.7 Å². The van der Waals surface area contributed by atoms with Crippen molar-refractivity contribution < 1.29 is 14.3 Å². The van der Waals surface area contributed by atoms with Crippen molar-refractivity contribution in [2.75, 3.05) is 18.5 Å². The molecule has 0 saturated carbocycles. The second-order valence-electron chi connectivity index (χ2n) is 6.66. The molecule has 9 heteroatoms. The van der Waals surface area contributed by atoms with E-state index in [1.165, 1.54) is 17.7 Å². The second-order valence-corrected chi connectivity index (χ2v) is 7.61. The summed E-state index contributed by atoms with van der Waals surface area (Å²) in [6, 6.07) is 10.4. The minimum atomic E-state index is -0.457. The quantitative estimate of drug-likeness (QED) is 0.646. The molecule has 1 aliphatic heterocycles. The normalized spacial score (nSPS) is 16.0. The highest BCUT2D eigenvalue weighted by Gasteiger charge is 2.34. The zero-order chi connectivity index (χ0) is 20.1. The average Bonchev–Trinajstić information content (AvgIpc) is 3.50. The smallest absolute Gasteiger partial charge is 0.264 e. The number of nitrogens with one attached hydrogen (secondary N) is 1. The summed E-state index contributed by atoms with van der Waals surface area (Å²) in [7, 11) is 0. The van der Waals surface area contributed by atoms with E-state index in [1.54, 1.807) is 28.0 Å². The van der Waals surface area contributed by atoms with Gasteiger partial charge in [0.25, 0.3) is 5.91 Å². The van der Waals surface area contributed by atoms with Crippen LogP contribution >= 0.6 is 11.3 Å². The van der Waals surface area contributed by atoms with E-state index in [4.69, 9.17) is 4.74 Å². The van der Waals surface area contributed by atoms with Crippen molar-refractivity contribution in [3.8, 4) is 5.75 Å². The van der Waals surface area contributed by atoms with Gasteiger partial charge in [0.1, 0.15) is 31.1 Å². The van der Waals surface area contributed by atoms with E-state index in [1.807, 2.05) is 29.6 Å². The first-order chi connectivity index (χ1) is 14.2. The Hall–Kier alpha value is -3.20. The fourth-order valence-electron chi connectivity index (χ4n) is 3.32. The average molecular weight is 411 g/mol. The van der Waals surface area contributed by atoms with Crippen LogP contribution in [-0.4, -0.2) is 50.7 Å². The topological polar surface area (TPSA) is 89.3 Å². The molecule has 3 heterocycles. The van der Waals surface area contributed by atoms with E-state index >= 15 is 0 Å². The summed E-state index contributed by atoms with van der Waals surface area (Å²) >= 11 is 1.39. The number of carbonyl (C=O) groups excluding carboxylic acids is 2. The molecule has 0 aliphatic carbocycles. The Morgan fingerprint density at radius 1 is 1.28 bits per heavy atom.